The van der Waals surface area contributed by atoms with Gasteiger partial charge in [0.05, 0.1) is 0 Å². The molecule has 4 heteroatoms. The fourth-order valence-electron chi connectivity index (χ4n) is 2.88. The largest absolute Gasteiger partial charge is 0.330 e. The Morgan fingerprint density at radius 3 is 2.84 bits per heavy atom. The second-order valence-corrected chi connectivity index (χ2v) is 5.58. The minimum absolute atomic E-state index is 0.114. The van der Waals surface area contributed by atoms with E-state index in [1.54, 1.807) is 12.1 Å². The molecule has 1 aliphatic rings. The summed E-state index contributed by atoms with van der Waals surface area (Å²) in [4.78, 5) is 2.20. The van der Waals surface area contributed by atoms with Crippen LogP contribution in [0.25, 0.3) is 0 Å². The van der Waals surface area contributed by atoms with E-state index in [9.17, 15) is 8.78 Å². The van der Waals surface area contributed by atoms with Crippen LogP contribution >= 0.6 is 0 Å². The zero-order valence-electron chi connectivity index (χ0n) is 11.6. The van der Waals surface area contributed by atoms with Crippen LogP contribution in [0.15, 0.2) is 18.2 Å². The van der Waals surface area contributed by atoms with Gasteiger partial charge in [-0.15, -0.1) is 0 Å². The molecule has 106 valence electrons. The van der Waals surface area contributed by atoms with Crippen LogP contribution < -0.4 is 5.73 Å². The average molecular weight is 268 g/mol. The van der Waals surface area contributed by atoms with Crippen molar-refractivity contribution in [3.63, 3.8) is 0 Å². The highest BCUT2D eigenvalue weighted by Crippen LogP contribution is 2.30. The van der Waals surface area contributed by atoms with E-state index < -0.39 is 11.6 Å². The highest BCUT2D eigenvalue weighted by atomic mass is 19.2. The van der Waals surface area contributed by atoms with Gasteiger partial charge in [0.25, 0.3) is 0 Å². The maximum atomic E-state index is 13.8. The van der Waals surface area contributed by atoms with Gasteiger partial charge in [0.15, 0.2) is 11.6 Å². The molecule has 0 aromatic heterocycles. The Hall–Kier alpha value is -1.00. The Kier molecular flexibility index (Phi) is 4.53. The molecule has 2 nitrogen and oxygen atoms in total. The highest BCUT2D eigenvalue weighted by molar-refractivity contribution is 5.22. The summed E-state index contributed by atoms with van der Waals surface area (Å²) in [5, 5.41) is 0. The molecule has 1 saturated heterocycles. The Balaban J connectivity index is 2.15. The fraction of sp³-hybridized carbons (Fsp3) is 0.600. The van der Waals surface area contributed by atoms with Gasteiger partial charge in [0.2, 0.25) is 0 Å². The molecule has 3 atom stereocenters. The minimum atomic E-state index is -0.773. The van der Waals surface area contributed by atoms with Gasteiger partial charge in [-0.05, 0) is 44.3 Å². The summed E-state index contributed by atoms with van der Waals surface area (Å²) >= 11 is 0. The van der Waals surface area contributed by atoms with Crippen LogP contribution in [0.1, 0.15) is 31.9 Å². The lowest BCUT2D eigenvalue weighted by Gasteiger charge is -2.40. The second-order valence-electron chi connectivity index (χ2n) is 5.58. The number of nitrogens with zero attached hydrogens (tertiary/aromatic N) is 1. The van der Waals surface area contributed by atoms with Gasteiger partial charge in [-0.3, -0.25) is 4.90 Å². The Morgan fingerprint density at radius 2 is 2.16 bits per heavy atom. The van der Waals surface area contributed by atoms with Gasteiger partial charge in [0.1, 0.15) is 0 Å². The van der Waals surface area contributed by atoms with Crippen molar-refractivity contribution in [1.82, 2.24) is 4.90 Å². The maximum absolute atomic E-state index is 13.8. The number of nitrogens with two attached hydrogens (primary N) is 1. The van der Waals surface area contributed by atoms with Gasteiger partial charge in [0, 0.05) is 18.2 Å². The van der Waals surface area contributed by atoms with Crippen LogP contribution in [0.2, 0.25) is 0 Å². The number of rotatable bonds is 3. The molecule has 3 unspecified atom stereocenters. The van der Waals surface area contributed by atoms with Crippen LogP contribution in [0.3, 0.4) is 0 Å². The summed E-state index contributed by atoms with van der Waals surface area (Å²) in [6.07, 6.45) is 1.06. The molecule has 0 spiro atoms. The zero-order valence-corrected chi connectivity index (χ0v) is 11.6. The molecule has 1 aromatic carbocycles. The van der Waals surface area contributed by atoms with Crippen LogP contribution in [-0.4, -0.2) is 24.5 Å². The summed E-state index contributed by atoms with van der Waals surface area (Å²) in [6.45, 7) is 6.56. The van der Waals surface area contributed by atoms with Crippen molar-refractivity contribution >= 4 is 0 Å². The highest BCUT2D eigenvalue weighted by Gasteiger charge is 2.29. The number of piperidine rings is 1. The lowest BCUT2D eigenvalue weighted by molar-refractivity contribution is 0.0960. The summed E-state index contributed by atoms with van der Waals surface area (Å²) in [5.74, 6) is -0.457. The molecular weight excluding hydrogens is 246 g/mol. The lowest BCUT2D eigenvalue weighted by atomic mass is 9.86. The molecule has 0 bridgehead atoms. The van der Waals surface area contributed by atoms with E-state index in [-0.39, 0.29) is 6.04 Å². The van der Waals surface area contributed by atoms with Crippen molar-refractivity contribution < 1.29 is 8.78 Å². The molecular formula is C15H22F2N2. The molecule has 0 aliphatic carbocycles. The SMILES string of the molecule is CC1CCN(C(C)c2cccc(F)c2F)CC1CN. The van der Waals surface area contributed by atoms with Crippen LogP contribution in [0.4, 0.5) is 8.78 Å². The molecule has 19 heavy (non-hydrogen) atoms. The summed E-state index contributed by atoms with van der Waals surface area (Å²) in [5.41, 5.74) is 6.22. The Morgan fingerprint density at radius 1 is 1.42 bits per heavy atom. The van der Waals surface area contributed by atoms with Gasteiger partial charge >= 0.3 is 0 Å². The van der Waals surface area contributed by atoms with E-state index >= 15 is 0 Å². The number of benzene rings is 1. The fourth-order valence-corrected chi connectivity index (χ4v) is 2.88. The van der Waals surface area contributed by atoms with E-state index in [2.05, 4.69) is 11.8 Å². The minimum Gasteiger partial charge on any atom is -0.330 e. The first-order valence-electron chi connectivity index (χ1n) is 6.92. The third kappa shape index (κ3) is 2.95. The van der Waals surface area contributed by atoms with Crippen molar-refractivity contribution in [2.24, 2.45) is 17.6 Å². The predicted molar refractivity (Wildman–Crippen MR) is 72.7 cm³/mol. The molecule has 1 aliphatic heterocycles. The third-order valence-corrected chi connectivity index (χ3v) is 4.43. The first kappa shape index (κ1) is 14.4. The van der Waals surface area contributed by atoms with E-state index in [0.717, 1.165) is 25.6 Å². The first-order chi connectivity index (χ1) is 9.04. The van der Waals surface area contributed by atoms with Gasteiger partial charge in [-0.2, -0.15) is 0 Å². The van der Waals surface area contributed by atoms with E-state index in [0.29, 0.717) is 23.9 Å². The molecule has 1 fully saturated rings. The molecule has 0 amide bonds. The lowest BCUT2D eigenvalue weighted by Crippen LogP contribution is -2.43. The van der Waals surface area contributed by atoms with Crippen LogP contribution in [0, 0.1) is 23.5 Å². The van der Waals surface area contributed by atoms with Gasteiger partial charge in [-0.25, -0.2) is 8.78 Å². The standard InChI is InChI=1S/C15H22F2N2/c1-10-6-7-19(9-12(10)8-18)11(2)13-4-3-5-14(16)15(13)17/h3-5,10-12H,6-9,18H2,1-2H3. The monoisotopic (exact) mass is 268 g/mol. The predicted octanol–water partition coefficient (Wildman–Crippen LogP) is 2.94. The number of likely N-dealkylation sites (tertiary alicyclic amines) is 1. The van der Waals surface area contributed by atoms with Gasteiger partial charge in [-0.1, -0.05) is 19.1 Å². The molecule has 0 saturated carbocycles. The quantitative estimate of drug-likeness (QED) is 0.913. The maximum Gasteiger partial charge on any atom is 0.163 e. The third-order valence-electron chi connectivity index (χ3n) is 4.43. The van der Waals surface area contributed by atoms with Crippen molar-refractivity contribution in [3.8, 4) is 0 Å². The van der Waals surface area contributed by atoms with Crippen molar-refractivity contribution in [2.75, 3.05) is 19.6 Å². The van der Waals surface area contributed by atoms with Crippen molar-refractivity contribution in [1.29, 1.82) is 0 Å². The summed E-state index contributed by atoms with van der Waals surface area (Å²) in [7, 11) is 0. The van der Waals surface area contributed by atoms with E-state index in [1.165, 1.54) is 0 Å². The Bertz CT molecular complexity index is 436. The van der Waals surface area contributed by atoms with E-state index in [4.69, 9.17) is 5.73 Å². The second kappa shape index (κ2) is 5.97. The number of halogens is 2. The van der Waals surface area contributed by atoms with Gasteiger partial charge < -0.3 is 5.73 Å². The topological polar surface area (TPSA) is 29.3 Å². The molecule has 0 radical (unpaired) electrons. The molecule has 1 heterocycles. The molecule has 1 aromatic rings. The molecule has 2 rings (SSSR count). The van der Waals surface area contributed by atoms with Crippen LogP contribution in [-0.2, 0) is 0 Å². The van der Waals surface area contributed by atoms with E-state index in [1.807, 2.05) is 6.92 Å². The number of hydrogen-bond donors (Lipinski definition) is 1. The molecule has 2 N–H and O–H groups in total. The zero-order chi connectivity index (χ0) is 14.0. The van der Waals surface area contributed by atoms with Crippen molar-refractivity contribution in [2.45, 2.75) is 26.3 Å². The smallest absolute Gasteiger partial charge is 0.163 e. The summed E-state index contributed by atoms with van der Waals surface area (Å²) < 4.78 is 27.1. The normalized spacial score (nSPS) is 26.4. The van der Waals surface area contributed by atoms with Crippen molar-refractivity contribution in [3.05, 3.63) is 35.4 Å². The number of hydrogen-bond acceptors (Lipinski definition) is 2. The van der Waals surface area contributed by atoms with Crippen LogP contribution in [0.5, 0.6) is 0 Å². The Labute approximate surface area is 113 Å². The average Bonchev–Trinajstić information content (AvgIpc) is 2.41. The summed E-state index contributed by atoms with van der Waals surface area (Å²) in [6, 6.07) is 4.28. The first-order valence-corrected chi connectivity index (χ1v) is 6.92.